The predicted octanol–water partition coefficient (Wildman–Crippen LogP) is 4.31. The van der Waals surface area contributed by atoms with E-state index in [1.54, 1.807) is 0 Å². The molecule has 2 N–H and O–H groups in total. The van der Waals surface area contributed by atoms with Gasteiger partial charge in [-0.05, 0) is 42.4 Å². The number of hydrogen-bond acceptors (Lipinski definition) is 1. The van der Waals surface area contributed by atoms with Gasteiger partial charge in [-0.15, -0.1) is 0 Å². The van der Waals surface area contributed by atoms with Crippen LogP contribution in [0, 0.1) is 29.6 Å². The lowest BCUT2D eigenvalue weighted by Crippen LogP contribution is -2.38. The van der Waals surface area contributed by atoms with Gasteiger partial charge in [0.05, 0.1) is 0 Å². The maximum absolute atomic E-state index is 6.31. The Morgan fingerprint density at radius 3 is 1.38 bits per heavy atom. The van der Waals surface area contributed by atoms with Gasteiger partial charge in [-0.25, -0.2) is 0 Å². The van der Waals surface area contributed by atoms with Crippen LogP contribution in [-0.2, 0) is 0 Å². The van der Waals surface area contributed by atoms with E-state index in [1.165, 1.54) is 12.8 Å². The van der Waals surface area contributed by atoms with Gasteiger partial charge in [-0.3, -0.25) is 0 Å². The van der Waals surface area contributed by atoms with E-state index < -0.39 is 0 Å². The van der Waals surface area contributed by atoms with Crippen molar-refractivity contribution in [2.24, 2.45) is 35.3 Å². The standard InChI is InChI=1S/C15H33N/c1-10(2)8-14(9-11(3)4)13(7)15(16)12(5)6/h10-15H,8-9,16H2,1-7H3. The van der Waals surface area contributed by atoms with Crippen molar-refractivity contribution in [3.8, 4) is 0 Å². The first kappa shape index (κ1) is 16.0. The number of hydrogen-bond donors (Lipinski definition) is 1. The first-order valence-corrected chi connectivity index (χ1v) is 7.01. The molecule has 0 spiro atoms. The Morgan fingerprint density at radius 2 is 1.12 bits per heavy atom. The Labute approximate surface area is 103 Å². The largest absolute Gasteiger partial charge is 0.327 e. The second-order valence-electron chi connectivity index (χ2n) is 6.70. The molecule has 0 aromatic carbocycles. The van der Waals surface area contributed by atoms with Crippen LogP contribution in [0.15, 0.2) is 0 Å². The molecule has 0 bridgehead atoms. The Kier molecular flexibility index (Phi) is 7.30. The lowest BCUT2D eigenvalue weighted by molar-refractivity contribution is 0.200. The van der Waals surface area contributed by atoms with E-state index in [-0.39, 0.29) is 0 Å². The van der Waals surface area contributed by atoms with Crippen LogP contribution in [-0.4, -0.2) is 6.04 Å². The van der Waals surface area contributed by atoms with E-state index in [1.807, 2.05) is 0 Å². The van der Waals surface area contributed by atoms with Crippen LogP contribution in [0.3, 0.4) is 0 Å². The van der Waals surface area contributed by atoms with Crippen LogP contribution in [0.5, 0.6) is 0 Å². The second kappa shape index (κ2) is 7.32. The molecule has 0 aliphatic rings. The zero-order chi connectivity index (χ0) is 12.9. The average Bonchev–Trinajstić information content (AvgIpc) is 2.12. The van der Waals surface area contributed by atoms with Crippen molar-refractivity contribution < 1.29 is 0 Å². The molecule has 0 heterocycles. The lowest BCUT2D eigenvalue weighted by atomic mass is 9.75. The summed E-state index contributed by atoms with van der Waals surface area (Å²) in [7, 11) is 0. The Bertz CT molecular complexity index is 162. The van der Waals surface area contributed by atoms with Gasteiger partial charge in [0, 0.05) is 6.04 Å². The summed E-state index contributed by atoms with van der Waals surface area (Å²) in [5.41, 5.74) is 6.31. The van der Waals surface area contributed by atoms with Crippen molar-refractivity contribution in [3.63, 3.8) is 0 Å². The minimum absolute atomic E-state index is 0.350. The highest BCUT2D eigenvalue weighted by Gasteiger charge is 2.26. The van der Waals surface area contributed by atoms with Gasteiger partial charge < -0.3 is 5.73 Å². The molecule has 0 amide bonds. The maximum Gasteiger partial charge on any atom is 0.00903 e. The summed E-state index contributed by atoms with van der Waals surface area (Å²) >= 11 is 0. The molecule has 0 saturated carbocycles. The zero-order valence-electron chi connectivity index (χ0n) is 12.5. The van der Waals surface area contributed by atoms with Crippen molar-refractivity contribution in [2.75, 3.05) is 0 Å². The molecule has 0 radical (unpaired) electrons. The van der Waals surface area contributed by atoms with Gasteiger partial charge in [0.15, 0.2) is 0 Å². The summed E-state index contributed by atoms with van der Waals surface area (Å²) in [6.07, 6.45) is 2.64. The highest BCUT2D eigenvalue weighted by molar-refractivity contribution is 4.80. The van der Waals surface area contributed by atoms with Gasteiger partial charge in [0.2, 0.25) is 0 Å². The van der Waals surface area contributed by atoms with Gasteiger partial charge in [0.25, 0.3) is 0 Å². The summed E-state index contributed by atoms with van der Waals surface area (Å²) < 4.78 is 0. The normalized spacial score (nSPS) is 16.5. The molecule has 0 aliphatic heterocycles. The molecule has 98 valence electrons. The monoisotopic (exact) mass is 227 g/mol. The van der Waals surface area contributed by atoms with E-state index >= 15 is 0 Å². The first-order chi connectivity index (χ1) is 7.25. The molecule has 0 aromatic rings. The molecule has 0 rings (SSSR count). The third-order valence-electron chi connectivity index (χ3n) is 3.67. The van der Waals surface area contributed by atoms with Crippen molar-refractivity contribution in [1.82, 2.24) is 0 Å². The van der Waals surface area contributed by atoms with Gasteiger partial charge in [-0.1, -0.05) is 48.5 Å². The summed E-state index contributed by atoms with van der Waals surface area (Å²) in [6, 6.07) is 0.350. The van der Waals surface area contributed by atoms with Crippen LogP contribution in [0.1, 0.15) is 61.3 Å². The first-order valence-electron chi connectivity index (χ1n) is 7.01. The topological polar surface area (TPSA) is 26.0 Å². The van der Waals surface area contributed by atoms with Crippen LogP contribution in [0.2, 0.25) is 0 Å². The average molecular weight is 227 g/mol. The van der Waals surface area contributed by atoms with E-state index in [0.717, 1.165) is 17.8 Å². The summed E-state index contributed by atoms with van der Waals surface area (Å²) in [5.74, 6) is 3.59. The van der Waals surface area contributed by atoms with Gasteiger partial charge >= 0.3 is 0 Å². The molecule has 1 nitrogen and oxygen atoms in total. The molecular weight excluding hydrogens is 194 g/mol. The fraction of sp³-hybridized carbons (Fsp3) is 1.00. The van der Waals surface area contributed by atoms with Crippen molar-refractivity contribution in [2.45, 2.75) is 67.3 Å². The predicted molar refractivity (Wildman–Crippen MR) is 74.4 cm³/mol. The molecular formula is C15H33N. The zero-order valence-corrected chi connectivity index (χ0v) is 12.5. The SMILES string of the molecule is CC(C)CC(CC(C)C)C(C)C(N)C(C)C. The Hall–Kier alpha value is -0.0400. The summed E-state index contributed by atoms with van der Waals surface area (Å²) in [4.78, 5) is 0. The van der Waals surface area contributed by atoms with Gasteiger partial charge in [0.1, 0.15) is 0 Å². The fourth-order valence-electron chi connectivity index (χ4n) is 2.66. The van der Waals surface area contributed by atoms with E-state index in [2.05, 4.69) is 48.5 Å². The van der Waals surface area contributed by atoms with Crippen LogP contribution < -0.4 is 5.73 Å². The maximum atomic E-state index is 6.31. The molecule has 2 atom stereocenters. The Morgan fingerprint density at radius 1 is 0.750 bits per heavy atom. The molecule has 16 heavy (non-hydrogen) atoms. The Balaban J connectivity index is 4.47. The van der Waals surface area contributed by atoms with E-state index in [4.69, 9.17) is 5.73 Å². The molecule has 0 fully saturated rings. The van der Waals surface area contributed by atoms with Gasteiger partial charge in [-0.2, -0.15) is 0 Å². The molecule has 0 aromatic heterocycles. The summed E-state index contributed by atoms with van der Waals surface area (Å²) in [5, 5.41) is 0. The quantitative estimate of drug-likeness (QED) is 0.689. The highest BCUT2D eigenvalue weighted by atomic mass is 14.7. The van der Waals surface area contributed by atoms with E-state index in [0.29, 0.717) is 17.9 Å². The van der Waals surface area contributed by atoms with E-state index in [9.17, 15) is 0 Å². The van der Waals surface area contributed by atoms with Crippen LogP contribution in [0.4, 0.5) is 0 Å². The smallest absolute Gasteiger partial charge is 0.00903 e. The highest BCUT2D eigenvalue weighted by Crippen LogP contribution is 2.30. The lowest BCUT2D eigenvalue weighted by Gasteiger charge is -2.33. The van der Waals surface area contributed by atoms with Crippen molar-refractivity contribution in [1.29, 1.82) is 0 Å². The van der Waals surface area contributed by atoms with Crippen molar-refractivity contribution >= 4 is 0 Å². The molecule has 2 unspecified atom stereocenters. The summed E-state index contributed by atoms with van der Waals surface area (Å²) in [6.45, 7) is 16.1. The second-order valence-corrected chi connectivity index (χ2v) is 6.70. The number of rotatable bonds is 7. The third kappa shape index (κ3) is 5.89. The molecule has 0 saturated heterocycles. The minimum Gasteiger partial charge on any atom is -0.327 e. The van der Waals surface area contributed by atoms with Crippen LogP contribution in [0.25, 0.3) is 0 Å². The number of nitrogens with two attached hydrogens (primary N) is 1. The fourth-order valence-corrected chi connectivity index (χ4v) is 2.66. The molecule has 1 heteroatoms. The van der Waals surface area contributed by atoms with Crippen molar-refractivity contribution in [3.05, 3.63) is 0 Å². The minimum atomic E-state index is 0.350. The van der Waals surface area contributed by atoms with Crippen LogP contribution >= 0.6 is 0 Å². The third-order valence-corrected chi connectivity index (χ3v) is 3.67. The molecule has 0 aliphatic carbocycles.